The molecule has 6 nitrogen and oxygen atoms in total. The van der Waals surface area contributed by atoms with Gasteiger partial charge in [0.1, 0.15) is 30.8 Å². The number of carbonyl (C=O) groups excluding carboxylic acids is 1. The highest BCUT2D eigenvalue weighted by Crippen LogP contribution is 2.43. The Bertz CT molecular complexity index is 1140. The molecule has 0 aromatic heterocycles. The molecule has 1 aliphatic rings. The van der Waals surface area contributed by atoms with E-state index >= 15 is 0 Å². The lowest BCUT2D eigenvalue weighted by Crippen LogP contribution is -2.42. The molecule has 1 heterocycles. The lowest BCUT2D eigenvalue weighted by molar-refractivity contribution is -0.119. The monoisotopic (exact) mass is 488 g/mol. The van der Waals surface area contributed by atoms with Gasteiger partial charge in [0.25, 0.3) is 0 Å². The van der Waals surface area contributed by atoms with E-state index < -0.39 is 6.10 Å². The van der Waals surface area contributed by atoms with Crippen LogP contribution in [0.4, 0.5) is 5.69 Å². The first-order valence-electron chi connectivity index (χ1n) is 12.5. The standard InChI is InChI=1S/C30H36N2O4/c1-30(2,3)31-18-24(33)21-36-26-15-16-27(35-20-23-12-8-5-9-13-23)29-25(26)14-17-28(34)32(29)19-22-10-6-4-7-11-22/h4-13,15-16,24,31,33H,14,17-21H2,1-3H3. The predicted octanol–water partition coefficient (Wildman–Crippen LogP) is 4.87. The number of β-amino-alcohol motifs (C(OH)–C–C–N with tert-alkyl or cyclic N) is 1. The molecule has 36 heavy (non-hydrogen) atoms. The van der Waals surface area contributed by atoms with Crippen LogP contribution in [0.3, 0.4) is 0 Å². The number of carbonyl (C=O) groups is 1. The van der Waals surface area contributed by atoms with Crippen LogP contribution in [-0.2, 0) is 24.4 Å². The second kappa shape index (κ2) is 11.6. The molecule has 0 aliphatic carbocycles. The molecule has 1 amide bonds. The number of benzene rings is 3. The van der Waals surface area contributed by atoms with E-state index in [-0.39, 0.29) is 18.1 Å². The maximum Gasteiger partial charge on any atom is 0.227 e. The average Bonchev–Trinajstić information content (AvgIpc) is 2.87. The van der Waals surface area contributed by atoms with Crippen molar-refractivity contribution in [2.45, 2.75) is 58.4 Å². The first-order chi connectivity index (χ1) is 17.3. The summed E-state index contributed by atoms with van der Waals surface area (Å²) >= 11 is 0. The molecule has 4 rings (SSSR count). The largest absolute Gasteiger partial charge is 0.490 e. The molecule has 6 heteroatoms. The smallest absolute Gasteiger partial charge is 0.227 e. The Morgan fingerprint density at radius 3 is 2.19 bits per heavy atom. The lowest BCUT2D eigenvalue weighted by Gasteiger charge is -2.32. The topological polar surface area (TPSA) is 71.0 Å². The second-order valence-corrected chi connectivity index (χ2v) is 10.2. The van der Waals surface area contributed by atoms with Crippen LogP contribution in [0.25, 0.3) is 0 Å². The Balaban J connectivity index is 1.60. The highest BCUT2D eigenvalue weighted by Gasteiger charge is 2.30. The van der Waals surface area contributed by atoms with Crippen molar-refractivity contribution in [3.05, 3.63) is 89.5 Å². The molecule has 3 aromatic rings. The summed E-state index contributed by atoms with van der Waals surface area (Å²) in [6, 6.07) is 23.7. The van der Waals surface area contributed by atoms with Crippen LogP contribution in [0.2, 0.25) is 0 Å². The molecule has 0 bridgehead atoms. The Labute approximate surface area is 213 Å². The molecule has 2 N–H and O–H groups in total. The van der Waals surface area contributed by atoms with Gasteiger partial charge in [-0.25, -0.2) is 0 Å². The molecule has 0 spiro atoms. The fraction of sp³-hybridized carbons (Fsp3) is 0.367. The van der Waals surface area contributed by atoms with E-state index in [1.807, 2.05) is 72.8 Å². The van der Waals surface area contributed by atoms with Crippen molar-refractivity contribution in [1.82, 2.24) is 5.32 Å². The van der Waals surface area contributed by atoms with Crippen LogP contribution in [0, 0.1) is 0 Å². The van der Waals surface area contributed by atoms with Crippen molar-refractivity contribution in [2.24, 2.45) is 0 Å². The van der Waals surface area contributed by atoms with Gasteiger partial charge in [0.15, 0.2) is 0 Å². The number of hydrogen-bond acceptors (Lipinski definition) is 5. The van der Waals surface area contributed by atoms with Gasteiger partial charge in [-0.1, -0.05) is 60.7 Å². The molecule has 1 atom stereocenters. The van der Waals surface area contributed by atoms with Crippen LogP contribution < -0.4 is 19.7 Å². The predicted molar refractivity (Wildman–Crippen MR) is 142 cm³/mol. The third kappa shape index (κ3) is 6.86. The van der Waals surface area contributed by atoms with E-state index in [4.69, 9.17) is 9.47 Å². The van der Waals surface area contributed by atoms with E-state index in [1.165, 1.54) is 0 Å². The van der Waals surface area contributed by atoms with E-state index in [2.05, 4.69) is 26.1 Å². The number of nitrogens with one attached hydrogen (secondary N) is 1. The van der Waals surface area contributed by atoms with Gasteiger partial charge in [0.05, 0.1) is 12.2 Å². The molecule has 0 saturated heterocycles. The summed E-state index contributed by atoms with van der Waals surface area (Å²) < 4.78 is 12.4. The van der Waals surface area contributed by atoms with Crippen molar-refractivity contribution in [2.75, 3.05) is 18.1 Å². The molecular weight excluding hydrogens is 452 g/mol. The first kappa shape index (κ1) is 25.7. The number of anilines is 1. The average molecular weight is 489 g/mol. The summed E-state index contributed by atoms with van der Waals surface area (Å²) in [5.74, 6) is 1.39. The van der Waals surface area contributed by atoms with Gasteiger partial charge in [0, 0.05) is 24.1 Å². The second-order valence-electron chi connectivity index (χ2n) is 10.2. The molecule has 1 aliphatic heterocycles. The van der Waals surface area contributed by atoms with Gasteiger partial charge in [-0.15, -0.1) is 0 Å². The van der Waals surface area contributed by atoms with Crippen LogP contribution in [0.1, 0.15) is 43.9 Å². The van der Waals surface area contributed by atoms with Gasteiger partial charge in [-0.05, 0) is 50.5 Å². The third-order valence-electron chi connectivity index (χ3n) is 6.08. The molecule has 0 radical (unpaired) electrons. The minimum absolute atomic E-state index is 0.0578. The number of rotatable bonds is 10. The number of hydrogen-bond donors (Lipinski definition) is 2. The van der Waals surface area contributed by atoms with Crippen molar-refractivity contribution in [1.29, 1.82) is 0 Å². The fourth-order valence-electron chi connectivity index (χ4n) is 4.21. The van der Waals surface area contributed by atoms with Gasteiger partial charge >= 0.3 is 0 Å². The lowest BCUT2D eigenvalue weighted by atomic mass is 9.98. The fourth-order valence-corrected chi connectivity index (χ4v) is 4.21. The third-order valence-corrected chi connectivity index (χ3v) is 6.08. The summed E-state index contributed by atoms with van der Waals surface area (Å²) in [5.41, 5.74) is 3.70. The first-order valence-corrected chi connectivity index (χ1v) is 12.5. The quantitative estimate of drug-likeness (QED) is 0.426. The molecule has 1 unspecified atom stereocenters. The molecule has 0 saturated carbocycles. The Kier molecular flexibility index (Phi) is 8.28. The van der Waals surface area contributed by atoms with E-state index in [9.17, 15) is 9.90 Å². The van der Waals surface area contributed by atoms with E-state index in [0.717, 1.165) is 22.4 Å². The van der Waals surface area contributed by atoms with Gasteiger partial charge in [-0.3, -0.25) is 4.79 Å². The Hall–Kier alpha value is -3.35. The van der Waals surface area contributed by atoms with Crippen molar-refractivity contribution in [3.63, 3.8) is 0 Å². The number of aliphatic hydroxyl groups is 1. The highest BCUT2D eigenvalue weighted by molar-refractivity contribution is 5.98. The van der Waals surface area contributed by atoms with Crippen LogP contribution in [0.15, 0.2) is 72.8 Å². The summed E-state index contributed by atoms with van der Waals surface area (Å²) in [5, 5.41) is 13.8. The number of amides is 1. The van der Waals surface area contributed by atoms with Crippen LogP contribution in [0.5, 0.6) is 11.5 Å². The normalized spacial score (nSPS) is 14.3. The Morgan fingerprint density at radius 2 is 1.53 bits per heavy atom. The summed E-state index contributed by atoms with van der Waals surface area (Å²) in [7, 11) is 0. The van der Waals surface area contributed by atoms with Crippen LogP contribution >= 0.6 is 0 Å². The molecule has 190 valence electrons. The SMILES string of the molecule is CC(C)(C)NCC(O)COc1ccc(OCc2ccccc2)c2c1CCC(=O)N2Cc1ccccc1. The van der Waals surface area contributed by atoms with Crippen LogP contribution in [-0.4, -0.2) is 35.8 Å². The summed E-state index contributed by atoms with van der Waals surface area (Å²) in [6.45, 7) is 7.62. The summed E-state index contributed by atoms with van der Waals surface area (Å²) in [4.78, 5) is 14.9. The number of ether oxygens (including phenoxy) is 2. The molecular formula is C30H36N2O4. The minimum atomic E-state index is -0.653. The maximum atomic E-state index is 13.1. The zero-order chi connectivity index (χ0) is 25.5. The summed E-state index contributed by atoms with van der Waals surface area (Å²) in [6.07, 6.45) is 0.305. The van der Waals surface area contributed by atoms with E-state index in [0.29, 0.717) is 44.0 Å². The van der Waals surface area contributed by atoms with Gasteiger partial charge < -0.3 is 24.8 Å². The maximum absolute atomic E-state index is 13.1. The van der Waals surface area contributed by atoms with E-state index in [1.54, 1.807) is 4.90 Å². The van der Waals surface area contributed by atoms with Gasteiger partial charge in [0.2, 0.25) is 5.91 Å². The van der Waals surface area contributed by atoms with Crippen molar-refractivity contribution < 1.29 is 19.4 Å². The number of nitrogens with zero attached hydrogens (tertiary/aromatic N) is 1. The van der Waals surface area contributed by atoms with Crippen molar-refractivity contribution in [3.8, 4) is 11.5 Å². The van der Waals surface area contributed by atoms with Gasteiger partial charge in [-0.2, -0.15) is 0 Å². The van der Waals surface area contributed by atoms with Crippen molar-refractivity contribution >= 4 is 11.6 Å². The highest BCUT2D eigenvalue weighted by atomic mass is 16.5. The number of fused-ring (bicyclic) bond motifs is 1. The Morgan fingerprint density at radius 1 is 0.889 bits per heavy atom. The zero-order valence-electron chi connectivity index (χ0n) is 21.4. The number of aliphatic hydroxyl groups excluding tert-OH is 1. The minimum Gasteiger partial charge on any atom is -0.490 e. The zero-order valence-corrected chi connectivity index (χ0v) is 21.4. The molecule has 3 aromatic carbocycles. The molecule has 0 fully saturated rings.